The molecule has 7 atom stereocenters. The van der Waals surface area contributed by atoms with Crippen molar-refractivity contribution >= 4 is 5.91 Å². The predicted molar refractivity (Wildman–Crippen MR) is 378 cm³/mol. The van der Waals surface area contributed by atoms with Crippen molar-refractivity contribution in [3.05, 3.63) is 60.8 Å². The van der Waals surface area contributed by atoms with Gasteiger partial charge >= 0.3 is 0 Å². The summed E-state index contributed by atoms with van der Waals surface area (Å²) in [6, 6.07) is -0.807. The van der Waals surface area contributed by atoms with Gasteiger partial charge < -0.3 is 40.3 Å². The summed E-state index contributed by atoms with van der Waals surface area (Å²) < 4.78 is 11.3. The van der Waals surface area contributed by atoms with Crippen LogP contribution in [0.15, 0.2) is 60.8 Å². The van der Waals surface area contributed by atoms with Gasteiger partial charge in [-0.05, 0) is 57.8 Å². The Hall–Kier alpha value is -2.11. The maximum atomic E-state index is 13.2. The number of hydrogen-bond donors (Lipinski definition) is 6. The van der Waals surface area contributed by atoms with E-state index in [4.69, 9.17) is 9.47 Å². The molecule has 0 aromatic rings. The normalized spacial score (nSPS) is 18.2. The molecule has 1 aliphatic rings. The van der Waals surface area contributed by atoms with Crippen molar-refractivity contribution < 1.29 is 39.8 Å². The van der Waals surface area contributed by atoms with E-state index >= 15 is 0 Å². The summed E-state index contributed by atoms with van der Waals surface area (Å²) in [7, 11) is 0. The molecule has 9 heteroatoms. The topological polar surface area (TPSA) is 149 Å². The first-order valence-corrected chi connectivity index (χ1v) is 38.5. The molecule has 1 saturated heterocycles. The van der Waals surface area contributed by atoms with Crippen molar-refractivity contribution in [3.63, 3.8) is 0 Å². The zero-order valence-electron chi connectivity index (χ0n) is 58.0. The third-order valence-corrected chi connectivity index (χ3v) is 18.3. The number of carbonyl (C=O) groups is 1. The lowest BCUT2D eigenvalue weighted by molar-refractivity contribution is -0.302. The molecule has 0 radical (unpaired) electrons. The summed E-state index contributed by atoms with van der Waals surface area (Å²) in [6.45, 7) is 3.72. The van der Waals surface area contributed by atoms with Crippen LogP contribution in [0.4, 0.5) is 0 Å². The Morgan fingerprint density at radius 1 is 0.398 bits per heavy atom. The van der Waals surface area contributed by atoms with Crippen LogP contribution in [0.3, 0.4) is 0 Å². The molecule has 7 unspecified atom stereocenters. The van der Waals surface area contributed by atoms with Crippen molar-refractivity contribution in [2.45, 2.75) is 423 Å². The van der Waals surface area contributed by atoms with E-state index in [9.17, 15) is 30.3 Å². The highest BCUT2D eigenvalue weighted by atomic mass is 16.7. The summed E-state index contributed by atoms with van der Waals surface area (Å²) >= 11 is 0. The van der Waals surface area contributed by atoms with E-state index in [1.807, 2.05) is 6.08 Å². The van der Waals surface area contributed by atoms with E-state index in [-0.39, 0.29) is 12.5 Å². The van der Waals surface area contributed by atoms with Gasteiger partial charge in [0.05, 0.1) is 25.4 Å². The molecule has 0 bridgehead atoms. The number of aliphatic hydroxyl groups excluding tert-OH is 5. The van der Waals surface area contributed by atoms with E-state index in [1.54, 1.807) is 6.08 Å². The molecule has 1 heterocycles. The fourth-order valence-electron chi connectivity index (χ4n) is 12.4. The van der Waals surface area contributed by atoms with Crippen molar-refractivity contribution in [1.29, 1.82) is 0 Å². The molecule has 1 amide bonds. The van der Waals surface area contributed by atoms with Gasteiger partial charge in [0.1, 0.15) is 24.4 Å². The molecule has 6 N–H and O–H groups in total. The molecule has 1 rings (SSSR count). The number of ether oxygens (including phenoxy) is 2. The lowest BCUT2D eigenvalue weighted by atomic mass is 9.99. The summed E-state index contributed by atoms with van der Waals surface area (Å²) in [5, 5.41) is 54.9. The highest BCUT2D eigenvalue weighted by Gasteiger charge is 2.44. The van der Waals surface area contributed by atoms with E-state index in [1.165, 1.54) is 295 Å². The van der Waals surface area contributed by atoms with Crippen molar-refractivity contribution in [3.8, 4) is 0 Å². The molecule has 1 aliphatic heterocycles. The summed E-state index contributed by atoms with van der Waals surface area (Å²) in [5.41, 5.74) is 0. The van der Waals surface area contributed by atoms with Gasteiger partial charge in [0.15, 0.2) is 6.29 Å². The molecule has 9 nitrogen and oxygen atoms in total. The fraction of sp³-hybridized carbons (Fsp3) is 0.861. The molecule has 1 fully saturated rings. The number of allylic oxidation sites excluding steroid dienone is 9. The van der Waals surface area contributed by atoms with E-state index in [0.717, 1.165) is 64.2 Å². The van der Waals surface area contributed by atoms with Gasteiger partial charge in [0, 0.05) is 6.42 Å². The molecule has 88 heavy (non-hydrogen) atoms. The van der Waals surface area contributed by atoms with Crippen molar-refractivity contribution in [1.82, 2.24) is 5.32 Å². The number of nitrogens with one attached hydrogen (secondary N) is 1. The Kier molecular flexibility index (Phi) is 64.6. The van der Waals surface area contributed by atoms with Crippen LogP contribution in [-0.4, -0.2) is 87.5 Å². The first-order chi connectivity index (χ1) is 43.3. The maximum absolute atomic E-state index is 13.2. The van der Waals surface area contributed by atoms with Crippen LogP contribution < -0.4 is 5.32 Å². The van der Waals surface area contributed by atoms with Crippen LogP contribution in [0.5, 0.6) is 0 Å². The van der Waals surface area contributed by atoms with Crippen LogP contribution in [0.25, 0.3) is 0 Å². The Morgan fingerprint density at radius 2 is 0.705 bits per heavy atom. The minimum absolute atomic E-state index is 0.170. The third kappa shape index (κ3) is 55.5. The predicted octanol–water partition coefficient (Wildman–Crippen LogP) is 21.7. The average Bonchev–Trinajstić information content (AvgIpc) is 3.65. The van der Waals surface area contributed by atoms with Crippen molar-refractivity contribution in [2.24, 2.45) is 0 Å². The van der Waals surface area contributed by atoms with Crippen LogP contribution >= 0.6 is 0 Å². The minimum Gasteiger partial charge on any atom is -0.394 e. The van der Waals surface area contributed by atoms with Gasteiger partial charge in [-0.1, -0.05) is 376 Å². The smallest absolute Gasteiger partial charge is 0.220 e. The molecule has 0 aliphatic carbocycles. The highest BCUT2D eigenvalue weighted by molar-refractivity contribution is 5.76. The number of unbranched alkanes of at least 4 members (excludes halogenated alkanes) is 50. The quantitative estimate of drug-likeness (QED) is 0.0261. The number of carbonyl (C=O) groups excluding carboxylic acids is 1. The number of amides is 1. The van der Waals surface area contributed by atoms with Crippen LogP contribution in [-0.2, 0) is 14.3 Å². The molecule has 0 saturated carbocycles. The van der Waals surface area contributed by atoms with E-state index in [2.05, 4.69) is 67.8 Å². The Morgan fingerprint density at radius 3 is 1.05 bits per heavy atom. The fourth-order valence-corrected chi connectivity index (χ4v) is 12.4. The first-order valence-electron chi connectivity index (χ1n) is 38.5. The lowest BCUT2D eigenvalue weighted by Gasteiger charge is -2.40. The molecular formula is C79H147NO8. The monoisotopic (exact) mass is 1240 g/mol. The second kappa shape index (κ2) is 67.8. The van der Waals surface area contributed by atoms with Gasteiger partial charge in [0.2, 0.25) is 5.91 Å². The van der Waals surface area contributed by atoms with Gasteiger partial charge in [-0.25, -0.2) is 0 Å². The number of aliphatic hydroxyl groups is 5. The third-order valence-electron chi connectivity index (χ3n) is 18.3. The summed E-state index contributed by atoms with van der Waals surface area (Å²) in [6.07, 6.45) is 87.8. The van der Waals surface area contributed by atoms with Crippen LogP contribution in [0.2, 0.25) is 0 Å². The zero-order valence-corrected chi connectivity index (χ0v) is 58.0. The summed E-state index contributed by atoms with van der Waals surface area (Å²) in [4.78, 5) is 13.2. The number of rotatable bonds is 68. The lowest BCUT2D eigenvalue weighted by Crippen LogP contribution is -2.60. The highest BCUT2D eigenvalue weighted by Crippen LogP contribution is 2.24. The standard InChI is InChI=1S/C79H147NO8/c1-3-5-7-9-11-13-15-17-19-21-23-25-27-29-31-33-35-37-39-41-43-45-47-49-51-53-55-57-59-61-63-65-67-69-75(83)80-72(71-87-79-78(86)77(85)76(84)74(70-81)88-79)73(82)68-66-64-62-60-58-56-54-52-50-48-46-44-42-40-38-36-34-32-30-28-26-24-22-20-18-16-14-12-10-8-6-4-2/h5,7,11,13,17,19,23,25,66,68,72-74,76-79,81-82,84-86H,3-4,6,8-10,12,14-16,18,20-22,24,26-65,67,69-71H2,1-2H3,(H,80,83)/b7-5-,13-11-,19-17-,25-23-,68-66+. The molecular weight excluding hydrogens is 1090 g/mol. The van der Waals surface area contributed by atoms with Gasteiger partial charge in [0.25, 0.3) is 0 Å². The van der Waals surface area contributed by atoms with Crippen molar-refractivity contribution in [2.75, 3.05) is 13.2 Å². The molecule has 0 spiro atoms. The maximum Gasteiger partial charge on any atom is 0.220 e. The second-order valence-electron chi connectivity index (χ2n) is 26.8. The second-order valence-corrected chi connectivity index (χ2v) is 26.8. The average molecular weight is 1240 g/mol. The zero-order chi connectivity index (χ0) is 63.5. The minimum atomic E-state index is -1.57. The van der Waals surface area contributed by atoms with E-state index in [0.29, 0.717) is 6.42 Å². The molecule has 0 aromatic heterocycles. The summed E-state index contributed by atoms with van der Waals surface area (Å²) in [5.74, 6) is -0.170. The largest absolute Gasteiger partial charge is 0.394 e. The Labute approximate surface area is 545 Å². The Balaban J connectivity index is 2.08. The number of hydrogen-bond acceptors (Lipinski definition) is 8. The van der Waals surface area contributed by atoms with Crippen LogP contribution in [0.1, 0.15) is 380 Å². The first kappa shape index (κ1) is 83.9. The van der Waals surface area contributed by atoms with Gasteiger partial charge in [-0.3, -0.25) is 4.79 Å². The van der Waals surface area contributed by atoms with Gasteiger partial charge in [-0.2, -0.15) is 0 Å². The molecule has 0 aromatic carbocycles. The Bertz CT molecular complexity index is 1580. The van der Waals surface area contributed by atoms with Gasteiger partial charge in [-0.15, -0.1) is 0 Å². The van der Waals surface area contributed by atoms with Crippen LogP contribution in [0, 0.1) is 0 Å². The molecule has 516 valence electrons. The van der Waals surface area contributed by atoms with E-state index < -0.39 is 49.5 Å². The SMILES string of the molecule is CC/C=C\C/C=C\C/C=C\C/C=C\CCCCCCCCCCCCCCCCCCCCCCC(=O)NC(COC1OC(CO)C(O)C(O)C1O)C(O)/C=C/CCCCCCCCCCCCCCCCCCCCCCCCCCCCCCCC.